The van der Waals surface area contributed by atoms with Crippen molar-refractivity contribution >= 4 is 17.8 Å². The summed E-state index contributed by atoms with van der Waals surface area (Å²) in [6.07, 6.45) is 9.86. The van der Waals surface area contributed by atoms with E-state index in [4.69, 9.17) is 4.74 Å². The van der Waals surface area contributed by atoms with Crippen molar-refractivity contribution in [1.82, 2.24) is 40.9 Å². The number of esters is 1. The molecule has 0 aliphatic rings. The Morgan fingerprint density at radius 2 is 1.97 bits per heavy atom. The van der Waals surface area contributed by atoms with Gasteiger partial charge in [0.05, 0.1) is 32.0 Å². The molecule has 12 nitrogen and oxygen atoms in total. The minimum atomic E-state index is -0.740. The van der Waals surface area contributed by atoms with Crippen LogP contribution >= 0.6 is 0 Å². The van der Waals surface area contributed by atoms with E-state index in [1.54, 1.807) is 17.1 Å². The van der Waals surface area contributed by atoms with Crippen LogP contribution in [-0.4, -0.2) is 68.0 Å². The van der Waals surface area contributed by atoms with Gasteiger partial charge >= 0.3 is 5.97 Å². The lowest BCUT2D eigenvalue weighted by molar-refractivity contribution is -0.143. The Labute approximate surface area is 206 Å². The molecule has 0 saturated carbocycles. The summed E-state index contributed by atoms with van der Waals surface area (Å²) in [4.78, 5) is 42.8. The first-order valence-corrected chi connectivity index (χ1v) is 12.2. The quantitative estimate of drug-likeness (QED) is 0.238. The number of hydrogen-bond acceptors (Lipinski definition) is 8. The van der Waals surface area contributed by atoms with Crippen molar-refractivity contribution < 1.29 is 19.1 Å². The summed E-state index contributed by atoms with van der Waals surface area (Å²) in [5.41, 5.74) is 1.28. The monoisotopic (exact) mass is 490 g/mol. The second kappa shape index (κ2) is 15.6. The highest BCUT2D eigenvalue weighted by molar-refractivity contribution is 5.86. The van der Waals surface area contributed by atoms with Crippen LogP contribution in [-0.2, 0) is 38.6 Å². The van der Waals surface area contributed by atoms with E-state index in [0.717, 1.165) is 31.4 Å². The van der Waals surface area contributed by atoms with Gasteiger partial charge in [-0.25, -0.2) is 9.67 Å². The molecular weight excluding hydrogens is 452 g/mol. The molecule has 0 aliphatic carbocycles. The normalized spacial score (nSPS) is 11.9. The zero-order valence-electron chi connectivity index (χ0n) is 20.9. The Balaban J connectivity index is 1.69. The van der Waals surface area contributed by atoms with Crippen LogP contribution in [0.1, 0.15) is 64.3 Å². The van der Waals surface area contributed by atoms with E-state index in [1.807, 2.05) is 0 Å². The molecule has 194 valence electrons. The number of aromatic nitrogens is 5. The molecule has 0 aromatic carbocycles. The lowest BCUT2D eigenvalue weighted by atomic mass is 10.1. The first-order valence-electron chi connectivity index (χ1n) is 12.2. The van der Waals surface area contributed by atoms with Crippen LogP contribution in [0.2, 0.25) is 0 Å². The molecule has 0 aliphatic heterocycles. The molecule has 35 heavy (non-hydrogen) atoms. The van der Waals surface area contributed by atoms with Gasteiger partial charge in [-0.1, -0.05) is 31.9 Å². The highest BCUT2D eigenvalue weighted by atomic mass is 16.5. The molecule has 0 radical (unpaired) electrons. The van der Waals surface area contributed by atoms with Crippen LogP contribution in [0.25, 0.3) is 0 Å². The molecule has 4 N–H and O–H groups in total. The standard InChI is InChI=1S/C23H38N8O4/c1-4-6-18(7-5-2)25-9-8-22(33)35-11-10-31-15-20(29-30-31)14-26-23(34)21(28-17(3)32)12-19-13-24-16-27-19/h13,15-16,18,21,25H,4-12,14H2,1-3H3,(H,24,27)(H,26,34)(H,28,32). The number of carbonyl (C=O) groups is 3. The molecule has 2 rings (SSSR count). The Bertz CT molecular complexity index is 893. The summed E-state index contributed by atoms with van der Waals surface area (Å²) in [5.74, 6) is -0.896. The van der Waals surface area contributed by atoms with Gasteiger partial charge in [0.25, 0.3) is 0 Å². The smallest absolute Gasteiger partial charge is 0.307 e. The highest BCUT2D eigenvalue weighted by Crippen LogP contribution is 2.04. The molecule has 0 spiro atoms. The number of aromatic amines is 1. The van der Waals surface area contributed by atoms with E-state index in [1.165, 1.54) is 13.3 Å². The fourth-order valence-corrected chi connectivity index (χ4v) is 3.65. The van der Waals surface area contributed by atoms with Crippen molar-refractivity contribution in [1.29, 1.82) is 0 Å². The average Bonchev–Trinajstić information content (AvgIpc) is 3.49. The van der Waals surface area contributed by atoms with E-state index >= 15 is 0 Å². The second-order valence-corrected chi connectivity index (χ2v) is 8.42. The van der Waals surface area contributed by atoms with Crippen molar-refractivity contribution in [2.75, 3.05) is 13.2 Å². The SMILES string of the molecule is CCCC(CCC)NCCC(=O)OCCn1cc(CNC(=O)C(Cc2cnc[nH]2)NC(C)=O)nn1. The number of nitrogens with zero attached hydrogens (tertiary/aromatic N) is 4. The molecule has 0 bridgehead atoms. The Morgan fingerprint density at radius 3 is 2.63 bits per heavy atom. The molecule has 0 fully saturated rings. The third-order valence-electron chi connectivity index (χ3n) is 5.32. The Morgan fingerprint density at radius 1 is 1.20 bits per heavy atom. The molecule has 2 heterocycles. The predicted molar refractivity (Wildman–Crippen MR) is 129 cm³/mol. The maximum absolute atomic E-state index is 12.6. The van der Waals surface area contributed by atoms with E-state index in [0.29, 0.717) is 31.2 Å². The molecule has 12 heteroatoms. The summed E-state index contributed by atoms with van der Waals surface area (Å²) in [6, 6.07) is -0.290. The van der Waals surface area contributed by atoms with Crippen molar-refractivity contribution in [2.45, 2.75) is 84.5 Å². The summed E-state index contributed by atoms with van der Waals surface area (Å²) in [7, 11) is 0. The van der Waals surface area contributed by atoms with Gasteiger partial charge in [0.15, 0.2) is 0 Å². The molecule has 2 amide bonds. The minimum Gasteiger partial charge on any atom is -0.464 e. The van der Waals surface area contributed by atoms with Crippen LogP contribution < -0.4 is 16.0 Å². The summed E-state index contributed by atoms with van der Waals surface area (Å²) < 4.78 is 6.84. The van der Waals surface area contributed by atoms with E-state index in [9.17, 15) is 14.4 Å². The summed E-state index contributed by atoms with van der Waals surface area (Å²) in [6.45, 7) is 6.99. The molecule has 0 saturated heterocycles. The van der Waals surface area contributed by atoms with Gasteiger partial charge in [-0.3, -0.25) is 14.4 Å². The number of carbonyl (C=O) groups excluding carboxylic acids is 3. The van der Waals surface area contributed by atoms with Gasteiger partial charge in [0, 0.05) is 37.8 Å². The van der Waals surface area contributed by atoms with Crippen LogP contribution in [0.3, 0.4) is 0 Å². The predicted octanol–water partition coefficient (Wildman–Crippen LogP) is 0.857. The summed E-state index contributed by atoms with van der Waals surface area (Å²) in [5, 5.41) is 16.9. The minimum absolute atomic E-state index is 0.153. The second-order valence-electron chi connectivity index (χ2n) is 8.42. The number of rotatable bonds is 17. The fraction of sp³-hybridized carbons (Fsp3) is 0.652. The maximum Gasteiger partial charge on any atom is 0.307 e. The van der Waals surface area contributed by atoms with Gasteiger partial charge in [-0.2, -0.15) is 0 Å². The number of nitrogens with one attached hydrogen (secondary N) is 4. The van der Waals surface area contributed by atoms with Gasteiger partial charge in [-0.15, -0.1) is 5.10 Å². The van der Waals surface area contributed by atoms with E-state index in [-0.39, 0.29) is 37.4 Å². The molecular formula is C23H38N8O4. The van der Waals surface area contributed by atoms with Crippen LogP contribution in [0.5, 0.6) is 0 Å². The van der Waals surface area contributed by atoms with Crippen LogP contribution in [0, 0.1) is 0 Å². The topological polar surface area (TPSA) is 156 Å². The third kappa shape index (κ3) is 11.1. The van der Waals surface area contributed by atoms with Crippen molar-refractivity contribution in [3.05, 3.63) is 30.1 Å². The number of imidazole rings is 1. The zero-order valence-corrected chi connectivity index (χ0v) is 20.9. The van der Waals surface area contributed by atoms with Crippen LogP contribution in [0.4, 0.5) is 0 Å². The van der Waals surface area contributed by atoms with E-state index < -0.39 is 6.04 Å². The maximum atomic E-state index is 12.6. The van der Waals surface area contributed by atoms with Crippen molar-refractivity contribution in [3.63, 3.8) is 0 Å². The largest absolute Gasteiger partial charge is 0.464 e. The lowest BCUT2D eigenvalue weighted by Gasteiger charge is -2.16. The van der Waals surface area contributed by atoms with Gasteiger partial charge in [0.2, 0.25) is 11.8 Å². The van der Waals surface area contributed by atoms with Gasteiger partial charge in [-0.05, 0) is 12.8 Å². The van der Waals surface area contributed by atoms with Gasteiger partial charge in [0.1, 0.15) is 18.3 Å². The van der Waals surface area contributed by atoms with Gasteiger partial charge < -0.3 is 25.7 Å². The first-order chi connectivity index (χ1) is 16.9. The zero-order chi connectivity index (χ0) is 25.5. The number of ether oxygens (including phenoxy) is 1. The molecule has 1 unspecified atom stereocenters. The lowest BCUT2D eigenvalue weighted by Crippen LogP contribution is -2.47. The first kappa shape index (κ1) is 28.0. The molecule has 2 aromatic heterocycles. The van der Waals surface area contributed by atoms with E-state index in [2.05, 4.69) is 50.1 Å². The number of H-pyrrole nitrogens is 1. The van der Waals surface area contributed by atoms with Crippen molar-refractivity contribution in [3.8, 4) is 0 Å². The number of amides is 2. The van der Waals surface area contributed by atoms with Crippen molar-refractivity contribution in [2.24, 2.45) is 0 Å². The average molecular weight is 491 g/mol. The third-order valence-corrected chi connectivity index (χ3v) is 5.32. The Kier molecular flexibility index (Phi) is 12.5. The highest BCUT2D eigenvalue weighted by Gasteiger charge is 2.20. The Hall–Kier alpha value is -3.28. The van der Waals surface area contributed by atoms with Crippen LogP contribution in [0.15, 0.2) is 18.7 Å². The number of hydrogen-bond donors (Lipinski definition) is 4. The summed E-state index contributed by atoms with van der Waals surface area (Å²) >= 11 is 0. The molecule has 1 atom stereocenters. The molecule has 2 aromatic rings. The fourth-order valence-electron chi connectivity index (χ4n) is 3.65.